The molecule has 0 amide bonds. The molecular formula is C24H32N8. The zero-order valence-corrected chi connectivity index (χ0v) is 18.6. The van der Waals surface area contributed by atoms with Crippen LogP contribution in [0.2, 0.25) is 0 Å². The first-order valence-corrected chi connectivity index (χ1v) is 11.4. The van der Waals surface area contributed by atoms with Gasteiger partial charge < -0.3 is 21.8 Å². The number of rotatable bonds is 8. The third-order valence-corrected chi connectivity index (χ3v) is 6.13. The van der Waals surface area contributed by atoms with E-state index in [2.05, 4.69) is 20.9 Å². The van der Waals surface area contributed by atoms with Gasteiger partial charge in [-0.05, 0) is 56.2 Å². The van der Waals surface area contributed by atoms with Gasteiger partial charge >= 0.3 is 0 Å². The van der Waals surface area contributed by atoms with Crippen LogP contribution in [-0.4, -0.2) is 53.8 Å². The second kappa shape index (κ2) is 9.56. The molecule has 8 nitrogen and oxygen atoms in total. The summed E-state index contributed by atoms with van der Waals surface area (Å²) in [5.74, 6) is 1.17. The van der Waals surface area contributed by atoms with Gasteiger partial charge in [0.2, 0.25) is 0 Å². The molecule has 2 fully saturated rings. The monoisotopic (exact) mass is 432 g/mol. The molecule has 32 heavy (non-hydrogen) atoms. The van der Waals surface area contributed by atoms with Gasteiger partial charge in [0.05, 0.1) is 34.9 Å². The van der Waals surface area contributed by atoms with Gasteiger partial charge in [-0.25, -0.2) is 4.98 Å². The first kappa shape index (κ1) is 22.1. The first-order valence-electron chi connectivity index (χ1n) is 11.4. The van der Waals surface area contributed by atoms with E-state index in [9.17, 15) is 0 Å². The summed E-state index contributed by atoms with van der Waals surface area (Å²) in [5, 5.41) is 16.6. The normalized spacial score (nSPS) is 19.8. The molecule has 2 aromatic rings. The summed E-state index contributed by atoms with van der Waals surface area (Å²) in [4.78, 5) is 15.9. The molecule has 0 radical (unpaired) electrons. The molecular weight excluding hydrogens is 400 g/mol. The van der Waals surface area contributed by atoms with Crippen LogP contribution in [0.4, 0.5) is 11.5 Å². The molecule has 0 spiro atoms. The van der Waals surface area contributed by atoms with E-state index < -0.39 is 0 Å². The van der Waals surface area contributed by atoms with Crippen molar-refractivity contribution in [3.8, 4) is 0 Å². The molecule has 6 N–H and O–H groups in total. The molecule has 2 aliphatic rings. The number of piperidine rings is 1. The van der Waals surface area contributed by atoms with E-state index in [1.165, 1.54) is 24.6 Å². The summed E-state index contributed by atoms with van der Waals surface area (Å²) >= 11 is 0. The highest BCUT2D eigenvalue weighted by molar-refractivity contribution is 6.13. The van der Waals surface area contributed by atoms with Crippen LogP contribution in [0.15, 0.2) is 29.4 Å². The molecule has 168 valence electrons. The molecule has 0 aromatic carbocycles. The van der Waals surface area contributed by atoms with Gasteiger partial charge in [0, 0.05) is 43.7 Å². The predicted octanol–water partition coefficient (Wildman–Crippen LogP) is 3.10. The second-order valence-corrected chi connectivity index (χ2v) is 8.64. The van der Waals surface area contributed by atoms with Crippen LogP contribution in [0, 0.1) is 10.8 Å². The lowest BCUT2D eigenvalue weighted by Gasteiger charge is -2.33. The van der Waals surface area contributed by atoms with Crippen molar-refractivity contribution >= 4 is 29.6 Å². The highest BCUT2D eigenvalue weighted by Crippen LogP contribution is 2.44. The molecule has 2 atom stereocenters. The first-order chi connectivity index (χ1) is 15.5. The van der Waals surface area contributed by atoms with Crippen molar-refractivity contribution in [2.75, 3.05) is 30.3 Å². The Morgan fingerprint density at radius 3 is 2.84 bits per heavy atom. The van der Waals surface area contributed by atoms with Gasteiger partial charge in [-0.1, -0.05) is 6.07 Å². The number of aliphatic imine (C=N–C) groups is 1. The molecule has 1 aliphatic carbocycles. The molecule has 1 saturated heterocycles. The third-order valence-electron chi connectivity index (χ3n) is 6.13. The predicted molar refractivity (Wildman–Crippen MR) is 131 cm³/mol. The van der Waals surface area contributed by atoms with Crippen LogP contribution in [0.1, 0.15) is 67.0 Å². The Morgan fingerprint density at radius 2 is 2.16 bits per heavy atom. The van der Waals surface area contributed by atoms with Gasteiger partial charge in [0.15, 0.2) is 0 Å². The van der Waals surface area contributed by atoms with Gasteiger partial charge in [0.1, 0.15) is 5.82 Å². The zero-order valence-electron chi connectivity index (χ0n) is 18.6. The minimum atomic E-state index is -0.349. The lowest BCUT2D eigenvalue weighted by Crippen LogP contribution is -2.43. The Labute approximate surface area is 189 Å². The van der Waals surface area contributed by atoms with Crippen molar-refractivity contribution in [2.24, 2.45) is 10.7 Å². The summed E-state index contributed by atoms with van der Waals surface area (Å²) in [5.41, 5.74) is 16.2. The van der Waals surface area contributed by atoms with Gasteiger partial charge in [0.25, 0.3) is 0 Å². The average molecular weight is 433 g/mol. The zero-order chi connectivity index (χ0) is 22.7. The van der Waals surface area contributed by atoms with Crippen molar-refractivity contribution in [2.45, 2.75) is 50.5 Å². The number of nitrogens with one attached hydrogen (secondary N) is 2. The molecule has 1 saturated carbocycles. The number of nitrogens with two attached hydrogens (primary N) is 2. The van der Waals surface area contributed by atoms with Gasteiger partial charge in [-0.2, -0.15) is 0 Å². The van der Waals surface area contributed by atoms with Crippen molar-refractivity contribution in [3.05, 3.63) is 46.9 Å². The van der Waals surface area contributed by atoms with Crippen LogP contribution in [0.5, 0.6) is 0 Å². The molecule has 3 heterocycles. The van der Waals surface area contributed by atoms with Crippen molar-refractivity contribution in [3.63, 3.8) is 0 Å². The highest BCUT2D eigenvalue weighted by Gasteiger charge is 2.30. The average Bonchev–Trinajstić information content (AvgIpc) is 3.65. The van der Waals surface area contributed by atoms with E-state index in [4.69, 9.17) is 27.3 Å². The van der Waals surface area contributed by atoms with Gasteiger partial charge in [-0.3, -0.25) is 15.4 Å². The standard InChI is InChI=1S/C24H32N8/c1-2-29-12-16(11-25)22-10-19(20(27)13-30-22)23(28)21-8-7-18(15-5-6-15)24(31-21)32-9-3-4-17(26)14-32/h7-8,10-13,15-17,25,28H,2-6,9,14,26-27H2,1H3. The fourth-order valence-electron chi connectivity index (χ4n) is 4.21. The van der Waals surface area contributed by atoms with Crippen molar-refractivity contribution < 1.29 is 0 Å². The summed E-state index contributed by atoms with van der Waals surface area (Å²) in [6.07, 6.45) is 9.03. The Balaban J connectivity index is 1.68. The summed E-state index contributed by atoms with van der Waals surface area (Å²) < 4.78 is 0. The van der Waals surface area contributed by atoms with Crippen molar-refractivity contribution in [1.29, 1.82) is 10.8 Å². The highest BCUT2D eigenvalue weighted by atomic mass is 15.2. The maximum atomic E-state index is 8.88. The lowest BCUT2D eigenvalue weighted by molar-refractivity contribution is 0.502. The van der Waals surface area contributed by atoms with Crippen LogP contribution < -0.4 is 16.4 Å². The fraction of sp³-hybridized carbons (Fsp3) is 0.458. The quantitative estimate of drug-likeness (QED) is 0.474. The summed E-state index contributed by atoms with van der Waals surface area (Å²) in [7, 11) is 0. The van der Waals surface area contributed by atoms with Crippen LogP contribution in [0.25, 0.3) is 0 Å². The van der Waals surface area contributed by atoms with E-state index in [0.29, 0.717) is 35.1 Å². The maximum absolute atomic E-state index is 8.88. The number of nitrogens with zero attached hydrogens (tertiary/aromatic N) is 4. The minimum Gasteiger partial charge on any atom is -0.397 e. The number of hydrogen-bond donors (Lipinski definition) is 4. The second-order valence-electron chi connectivity index (χ2n) is 8.64. The lowest BCUT2D eigenvalue weighted by atomic mass is 9.99. The van der Waals surface area contributed by atoms with Gasteiger partial charge in [-0.15, -0.1) is 0 Å². The van der Waals surface area contributed by atoms with E-state index >= 15 is 0 Å². The molecule has 4 rings (SSSR count). The van der Waals surface area contributed by atoms with E-state index in [1.54, 1.807) is 18.5 Å². The summed E-state index contributed by atoms with van der Waals surface area (Å²) in [6.45, 7) is 4.32. The number of pyridine rings is 2. The molecule has 2 unspecified atom stereocenters. The number of anilines is 2. The Morgan fingerprint density at radius 1 is 1.34 bits per heavy atom. The van der Waals surface area contributed by atoms with E-state index in [1.807, 2.05) is 13.0 Å². The molecule has 1 aliphatic heterocycles. The number of aromatic nitrogens is 2. The Bertz CT molecular complexity index is 1030. The number of hydrogen-bond acceptors (Lipinski definition) is 8. The molecule has 8 heteroatoms. The fourth-order valence-corrected chi connectivity index (χ4v) is 4.21. The molecule has 2 aromatic heterocycles. The largest absolute Gasteiger partial charge is 0.397 e. The van der Waals surface area contributed by atoms with Crippen LogP contribution in [-0.2, 0) is 0 Å². The third kappa shape index (κ3) is 4.70. The Kier molecular flexibility index (Phi) is 6.60. The molecule has 0 bridgehead atoms. The minimum absolute atomic E-state index is 0.155. The topological polar surface area (TPSA) is 141 Å². The Hall–Kier alpha value is -3.13. The van der Waals surface area contributed by atoms with Crippen molar-refractivity contribution in [1.82, 2.24) is 9.97 Å². The smallest absolute Gasteiger partial charge is 0.132 e. The van der Waals surface area contributed by atoms with Crippen LogP contribution >= 0.6 is 0 Å². The maximum Gasteiger partial charge on any atom is 0.132 e. The van der Waals surface area contributed by atoms with E-state index in [-0.39, 0.29) is 17.7 Å². The SMILES string of the molecule is CCN=CC(C=N)c1cc(C(=N)c2ccc(C3CC3)c(N3CCCC(N)C3)n2)c(N)cn1. The number of nitrogen functional groups attached to an aromatic ring is 1. The van der Waals surface area contributed by atoms with Crippen LogP contribution in [0.3, 0.4) is 0 Å². The van der Waals surface area contributed by atoms with E-state index in [0.717, 1.165) is 31.7 Å². The summed E-state index contributed by atoms with van der Waals surface area (Å²) in [6, 6.07) is 5.98.